The Balaban J connectivity index is 2.75. The van der Waals surface area contributed by atoms with Crippen molar-refractivity contribution in [1.82, 2.24) is 0 Å². The molecule has 0 aliphatic heterocycles. The molecule has 1 aromatic rings. The predicted molar refractivity (Wildman–Crippen MR) is 80.8 cm³/mol. The maximum atomic E-state index is 13.1. The van der Waals surface area contributed by atoms with Crippen LogP contribution in [0.25, 0.3) is 0 Å². The van der Waals surface area contributed by atoms with Crippen molar-refractivity contribution in [3.05, 3.63) is 53.1 Å². The number of allylic oxidation sites excluding steroid dienone is 4. The first-order chi connectivity index (χ1) is 12.9. The van der Waals surface area contributed by atoms with E-state index in [1.165, 1.54) is 0 Å². The molecule has 0 saturated carbocycles. The van der Waals surface area contributed by atoms with Crippen molar-refractivity contribution in [3.63, 3.8) is 0 Å². The van der Waals surface area contributed by atoms with Gasteiger partial charge in [0.25, 0.3) is 0 Å². The molecule has 0 nitrogen and oxygen atoms in total. The SMILES string of the molecule is FC(F)(F)C1=CC(=Pc2cc(C(F)(F)F)ccc2C(F)(F)F)C(C(F)(F)F)C=C1. The molecule has 13 heteroatoms. The zero-order valence-corrected chi connectivity index (χ0v) is 14.4. The van der Waals surface area contributed by atoms with Gasteiger partial charge in [0.2, 0.25) is 0 Å². The molecule has 160 valence electrons. The summed E-state index contributed by atoms with van der Waals surface area (Å²) in [5.41, 5.74) is -4.83. The Morgan fingerprint density at radius 3 is 1.76 bits per heavy atom. The number of halogens is 12. The fourth-order valence-corrected chi connectivity index (χ4v) is 3.71. The molecule has 1 atom stereocenters. The Morgan fingerprint density at radius 2 is 1.31 bits per heavy atom. The van der Waals surface area contributed by atoms with Crippen molar-refractivity contribution in [2.45, 2.75) is 24.7 Å². The monoisotopic (exact) mass is 458 g/mol. The van der Waals surface area contributed by atoms with E-state index in [0.717, 1.165) is 0 Å². The van der Waals surface area contributed by atoms with Crippen LogP contribution in [0.5, 0.6) is 0 Å². The van der Waals surface area contributed by atoms with Crippen molar-refractivity contribution < 1.29 is 52.7 Å². The van der Waals surface area contributed by atoms with Crippen LogP contribution in [0.3, 0.4) is 0 Å². The molecule has 0 bridgehead atoms. The van der Waals surface area contributed by atoms with Crippen LogP contribution < -0.4 is 5.30 Å². The van der Waals surface area contributed by atoms with E-state index in [1.807, 2.05) is 0 Å². The second kappa shape index (κ2) is 7.37. The molecule has 0 radical (unpaired) electrons. The number of rotatable bonds is 1. The summed E-state index contributed by atoms with van der Waals surface area (Å²) < 4.78 is 156. The fourth-order valence-electron chi connectivity index (χ4n) is 2.33. The molecule has 0 amide bonds. The van der Waals surface area contributed by atoms with Gasteiger partial charge in [-0.15, -0.1) is 0 Å². The summed E-state index contributed by atoms with van der Waals surface area (Å²) in [6.45, 7) is 0. The molecule has 2 rings (SSSR count). The smallest absolute Gasteiger partial charge is 0.170 e. The van der Waals surface area contributed by atoms with E-state index in [1.54, 1.807) is 0 Å². The largest absolute Gasteiger partial charge is 0.417 e. The van der Waals surface area contributed by atoms with Gasteiger partial charge in [-0.3, -0.25) is 0 Å². The summed E-state index contributed by atoms with van der Waals surface area (Å²) in [4.78, 5) is 0. The Labute approximate surface area is 156 Å². The van der Waals surface area contributed by atoms with Crippen LogP contribution in [-0.4, -0.2) is 17.6 Å². The summed E-state index contributed by atoms with van der Waals surface area (Å²) in [6.07, 6.45) is -20.4. The number of hydrogen-bond donors (Lipinski definition) is 0. The van der Waals surface area contributed by atoms with E-state index in [2.05, 4.69) is 0 Å². The number of hydrogen-bond acceptors (Lipinski definition) is 0. The lowest BCUT2D eigenvalue weighted by Gasteiger charge is -2.23. The van der Waals surface area contributed by atoms with Crippen molar-refractivity contribution in [1.29, 1.82) is 0 Å². The molecule has 0 fully saturated rings. The quantitative estimate of drug-likeness (QED) is 0.325. The van der Waals surface area contributed by atoms with E-state index in [4.69, 9.17) is 0 Å². The highest BCUT2D eigenvalue weighted by Gasteiger charge is 2.44. The van der Waals surface area contributed by atoms with Gasteiger partial charge >= 0.3 is 24.7 Å². The molecule has 0 aromatic heterocycles. The van der Waals surface area contributed by atoms with Gasteiger partial charge in [0, 0.05) is 5.30 Å². The zero-order valence-electron chi connectivity index (χ0n) is 13.5. The Bertz CT molecular complexity index is 862. The molecule has 29 heavy (non-hydrogen) atoms. The predicted octanol–water partition coefficient (Wildman–Crippen LogP) is 6.71. The molecular formula is C16H7F12P. The first kappa shape index (κ1) is 23.3. The van der Waals surface area contributed by atoms with Crippen LogP contribution in [0.1, 0.15) is 11.1 Å². The maximum absolute atomic E-state index is 13.1. The van der Waals surface area contributed by atoms with Gasteiger partial charge in [-0.25, -0.2) is 0 Å². The summed E-state index contributed by atoms with van der Waals surface area (Å²) in [5, 5.41) is -2.43. The van der Waals surface area contributed by atoms with Crippen molar-refractivity contribution in [2.75, 3.05) is 0 Å². The van der Waals surface area contributed by atoms with Gasteiger partial charge in [-0.1, -0.05) is 20.4 Å². The summed E-state index contributed by atoms with van der Waals surface area (Å²) >= 11 is 0. The molecule has 0 spiro atoms. The van der Waals surface area contributed by atoms with Crippen LogP contribution in [0.2, 0.25) is 0 Å². The molecule has 1 aromatic carbocycles. The lowest BCUT2D eigenvalue weighted by Crippen LogP contribution is -2.31. The van der Waals surface area contributed by atoms with Gasteiger partial charge in [0.1, 0.15) is 5.92 Å². The summed E-state index contributed by atoms with van der Waals surface area (Å²) in [5.74, 6) is -2.69. The third kappa shape index (κ3) is 5.55. The van der Waals surface area contributed by atoms with Gasteiger partial charge < -0.3 is 0 Å². The fraction of sp³-hybridized carbons (Fsp3) is 0.312. The molecule has 0 saturated heterocycles. The molecule has 0 N–H and O–H groups in total. The highest BCUT2D eigenvalue weighted by molar-refractivity contribution is 7.49. The standard InChI is InChI=1S/C16H7F12P/c17-13(18,19)7-1-3-9(15(23,24)25)11(5-7)29-12-6-8(14(20,21)22)2-4-10(12)16(26,27)28/h1-6,9H. The normalized spacial score (nSPS) is 20.2. The minimum atomic E-state index is -5.23. The third-order valence-electron chi connectivity index (χ3n) is 3.65. The Hall–Kier alpha value is -1.97. The lowest BCUT2D eigenvalue weighted by molar-refractivity contribution is -0.143. The van der Waals surface area contributed by atoms with E-state index in [9.17, 15) is 52.7 Å². The minimum absolute atomic E-state index is 0.000127. The maximum Gasteiger partial charge on any atom is 0.417 e. The van der Waals surface area contributed by atoms with Gasteiger partial charge in [0.15, 0.2) is 0 Å². The second-order valence-electron chi connectivity index (χ2n) is 5.74. The van der Waals surface area contributed by atoms with Crippen molar-refractivity contribution in [2.24, 2.45) is 5.92 Å². The van der Waals surface area contributed by atoms with Crippen LogP contribution >= 0.6 is 8.20 Å². The second-order valence-corrected chi connectivity index (χ2v) is 6.96. The third-order valence-corrected chi connectivity index (χ3v) is 4.93. The number of alkyl halides is 12. The van der Waals surface area contributed by atoms with Crippen molar-refractivity contribution in [3.8, 4) is 0 Å². The Morgan fingerprint density at radius 1 is 0.724 bits per heavy atom. The van der Waals surface area contributed by atoms with Crippen LogP contribution in [0.4, 0.5) is 52.7 Å². The molecule has 1 unspecified atom stereocenters. The molecule has 1 aliphatic carbocycles. The average Bonchev–Trinajstić information content (AvgIpc) is 2.51. The average molecular weight is 458 g/mol. The van der Waals surface area contributed by atoms with Gasteiger partial charge in [0.05, 0.1) is 16.7 Å². The molecular weight excluding hydrogens is 451 g/mol. The van der Waals surface area contributed by atoms with Gasteiger partial charge in [-0.2, -0.15) is 52.7 Å². The first-order valence-corrected chi connectivity index (χ1v) is 8.21. The van der Waals surface area contributed by atoms with E-state index < -0.39 is 66.1 Å². The highest BCUT2D eigenvalue weighted by atomic mass is 31.1. The van der Waals surface area contributed by atoms with E-state index >= 15 is 0 Å². The van der Waals surface area contributed by atoms with Crippen LogP contribution in [0, 0.1) is 5.92 Å². The Kier molecular flexibility index (Phi) is 5.93. The zero-order chi connectivity index (χ0) is 22.4. The van der Waals surface area contributed by atoms with Crippen molar-refractivity contribution >= 4 is 18.8 Å². The minimum Gasteiger partial charge on any atom is -0.170 e. The van der Waals surface area contributed by atoms with Crippen LogP contribution in [-0.2, 0) is 12.4 Å². The number of benzene rings is 1. The molecule has 0 heterocycles. The summed E-state index contributed by atoms with van der Waals surface area (Å²) in [7, 11) is -1.09. The van der Waals surface area contributed by atoms with E-state index in [-0.39, 0.29) is 36.4 Å². The topological polar surface area (TPSA) is 0 Å². The van der Waals surface area contributed by atoms with Gasteiger partial charge in [-0.05, 0) is 29.6 Å². The van der Waals surface area contributed by atoms with E-state index in [0.29, 0.717) is 0 Å². The summed E-state index contributed by atoms with van der Waals surface area (Å²) in [6, 6.07) is 0.0943. The first-order valence-electron chi connectivity index (χ1n) is 7.31. The molecule has 1 aliphatic rings. The lowest BCUT2D eigenvalue weighted by atomic mass is 9.96. The van der Waals surface area contributed by atoms with Crippen LogP contribution in [0.15, 0.2) is 42.0 Å². The highest BCUT2D eigenvalue weighted by Crippen LogP contribution is 2.39.